The second kappa shape index (κ2) is 10.9. The van der Waals surface area contributed by atoms with Gasteiger partial charge in [0, 0.05) is 29.3 Å². The maximum absolute atomic E-state index is 12.4. The first-order valence-electron chi connectivity index (χ1n) is 10.4. The molecule has 0 aromatic heterocycles. The summed E-state index contributed by atoms with van der Waals surface area (Å²) < 4.78 is 10.7. The van der Waals surface area contributed by atoms with Gasteiger partial charge in [-0.1, -0.05) is 13.8 Å². The number of carbonyl (C=O) groups excluding carboxylic acids is 3. The number of ether oxygens (including phenoxy) is 2. The number of nitrogens with one attached hydrogen (secondary N) is 1. The number of nitro groups is 1. The van der Waals surface area contributed by atoms with Gasteiger partial charge in [-0.3, -0.25) is 19.7 Å². The number of anilines is 1. The molecule has 1 N–H and O–H groups in total. The first-order valence-corrected chi connectivity index (χ1v) is 10.4. The Kier molecular flexibility index (Phi) is 7.71. The van der Waals surface area contributed by atoms with Gasteiger partial charge in [0.25, 0.3) is 5.69 Å². The van der Waals surface area contributed by atoms with Crippen LogP contribution in [-0.4, -0.2) is 29.2 Å². The number of carbonyl (C=O) groups is 3. The fourth-order valence-corrected chi connectivity index (χ4v) is 2.75. The zero-order valence-electron chi connectivity index (χ0n) is 18.5. The molecule has 34 heavy (non-hydrogen) atoms. The molecule has 3 aromatic carbocycles. The van der Waals surface area contributed by atoms with Crippen LogP contribution in [0.1, 0.15) is 34.6 Å². The van der Waals surface area contributed by atoms with E-state index in [0.717, 1.165) is 0 Å². The van der Waals surface area contributed by atoms with Crippen molar-refractivity contribution in [1.82, 2.24) is 0 Å². The Bertz CT molecular complexity index is 1190. The molecule has 174 valence electrons. The predicted molar refractivity (Wildman–Crippen MR) is 124 cm³/mol. The Morgan fingerprint density at radius 1 is 0.853 bits per heavy atom. The molecule has 0 aliphatic rings. The number of nitro benzene ring substituents is 1. The molecule has 0 bridgehead atoms. The SMILES string of the molecule is CC(C)C(=O)Nc1ccc(C(=O)OCC(=O)c2ccc(Oc3ccc([N+](=O)[O-])cc3)cc2)cc1. The summed E-state index contributed by atoms with van der Waals surface area (Å²) in [7, 11) is 0. The van der Waals surface area contributed by atoms with Gasteiger partial charge in [0.2, 0.25) is 5.91 Å². The van der Waals surface area contributed by atoms with Gasteiger partial charge < -0.3 is 14.8 Å². The number of esters is 1. The normalized spacial score (nSPS) is 10.4. The number of benzene rings is 3. The largest absolute Gasteiger partial charge is 0.457 e. The number of non-ortho nitro benzene ring substituents is 1. The van der Waals surface area contributed by atoms with E-state index in [1.54, 1.807) is 38.1 Å². The third-order valence-corrected chi connectivity index (χ3v) is 4.71. The summed E-state index contributed by atoms with van der Waals surface area (Å²) in [5, 5.41) is 13.4. The first-order chi connectivity index (χ1) is 16.2. The lowest BCUT2D eigenvalue weighted by molar-refractivity contribution is -0.384. The van der Waals surface area contributed by atoms with Gasteiger partial charge in [0.1, 0.15) is 11.5 Å². The molecule has 0 saturated heterocycles. The first kappa shape index (κ1) is 24.1. The van der Waals surface area contributed by atoms with E-state index in [4.69, 9.17) is 9.47 Å². The lowest BCUT2D eigenvalue weighted by Crippen LogP contribution is -2.18. The summed E-state index contributed by atoms with van der Waals surface area (Å²) in [6.07, 6.45) is 0. The molecule has 0 aliphatic carbocycles. The maximum atomic E-state index is 12.4. The fraction of sp³-hybridized carbons (Fsp3) is 0.160. The topological polar surface area (TPSA) is 125 Å². The second-order valence-corrected chi connectivity index (χ2v) is 7.60. The number of ketones is 1. The number of hydrogen-bond acceptors (Lipinski definition) is 7. The second-order valence-electron chi connectivity index (χ2n) is 7.60. The third kappa shape index (κ3) is 6.49. The number of amides is 1. The van der Waals surface area contributed by atoms with Gasteiger partial charge in [-0.25, -0.2) is 4.79 Å². The van der Waals surface area contributed by atoms with E-state index in [-0.39, 0.29) is 23.1 Å². The minimum Gasteiger partial charge on any atom is -0.457 e. The average molecular weight is 462 g/mol. The van der Waals surface area contributed by atoms with Crippen LogP contribution in [0.2, 0.25) is 0 Å². The van der Waals surface area contributed by atoms with Crippen LogP contribution in [0.25, 0.3) is 0 Å². The average Bonchev–Trinajstić information content (AvgIpc) is 2.83. The van der Waals surface area contributed by atoms with Crippen molar-refractivity contribution in [2.75, 3.05) is 11.9 Å². The van der Waals surface area contributed by atoms with Crippen LogP contribution in [0, 0.1) is 16.0 Å². The zero-order chi connectivity index (χ0) is 24.7. The molecule has 0 radical (unpaired) electrons. The van der Waals surface area contributed by atoms with Crippen LogP contribution in [0.3, 0.4) is 0 Å². The molecule has 1 amide bonds. The summed E-state index contributed by atoms with van der Waals surface area (Å²) in [6.45, 7) is 3.11. The minimum atomic E-state index is -0.659. The molecular formula is C25H22N2O7. The van der Waals surface area contributed by atoms with E-state index in [2.05, 4.69) is 5.32 Å². The third-order valence-electron chi connectivity index (χ3n) is 4.71. The van der Waals surface area contributed by atoms with Crippen molar-refractivity contribution >= 4 is 29.0 Å². The Morgan fingerprint density at radius 3 is 1.91 bits per heavy atom. The summed E-state index contributed by atoms with van der Waals surface area (Å²) in [6, 6.07) is 18.0. The van der Waals surface area contributed by atoms with Crippen molar-refractivity contribution in [2.24, 2.45) is 5.92 Å². The summed E-state index contributed by atoms with van der Waals surface area (Å²) in [4.78, 5) is 46.5. The molecule has 9 heteroatoms. The monoisotopic (exact) mass is 462 g/mol. The van der Waals surface area contributed by atoms with E-state index < -0.39 is 23.3 Å². The summed E-state index contributed by atoms with van der Waals surface area (Å²) >= 11 is 0. The molecule has 0 heterocycles. The fourth-order valence-electron chi connectivity index (χ4n) is 2.75. The molecule has 0 aliphatic heterocycles. The van der Waals surface area contributed by atoms with E-state index >= 15 is 0 Å². The van der Waals surface area contributed by atoms with Gasteiger partial charge >= 0.3 is 5.97 Å². The minimum absolute atomic E-state index is 0.0447. The van der Waals surface area contributed by atoms with E-state index in [0.29, 0.717) is 22.7 Å². The number of hydrogen-bond donors (Lipinski definition) is 1. The lowest BCUT2D eigenvalue weighted by Gasteiger charge is -2.09. The Morgan fingerprint density at radius 2 is 1.38 bits per heavy atom. The van der Waals surface area contributed by atoms with Crippen LogP contribution in [0.5, 0.6) is 11.5 Å². The van der Waals surface area contributed by atoms with E-state index in [9.17, 15) is 24.5 Å². The maximum Gasteiger partial charge on any atom is 0.338 e. The Hall–Kier alpha value is -4.53. The highest BCUT2D eigenvalue weighted by atomic mass is 16.6. The zero-order valence-corrected chi connectivity index (χ0v) is 18.5. The van der Waals surface area contributed by atoms with Crippen molar-refractivity contribution in [1.29, 1.82) is 0 Å². The Balaban J connectivity index is 1.52. The number of Topliss-reactive ketones (excluding diaryl/α,β-unsaturated/α-hetero) is 1. The smallest absolute Gasteiger partial charge is 0.338 e. The molecule has 0 unspecified atom stereocenters. The van der Waals surface area contributed by atoms with Crippen molar-refractivity contribution in [2.45, 2.75) is 13.8 Å². The summed E-state index contributed by atoms with van der Waals surface area (Å²) in [5.74, 6) is -0.506. The van der Waals surface area contributed by atoms with Gasteiger partial charge in [-0.05, 0) is 60.7 Å². The van der Waals surface area contributed by atoms with Gasteiger partial charge in [0.05, 0.1) is 10.5 Å². The van der Waals surface area contributed by atoms with Crippen LogP contribution in [-0.2, 0) is 9.53 Å². The van der Waals surface area contributed by atoms with Crippen molar-refractivity contribution in [3.63, 3.8) is 0 Å². The van der Waals surface area contributed by atoms with Gasteiger partial charge in [0.15, 0.2) is 12.4 Å². The van der Waals surface area contributed by atoms with E-state index in [1.165, 1.54) is 48.5 Å². The lowest BCUT2D eigenvalue weighted by atomic mass is 10.1. The van der Waals surface area contributed by atoms with Crippen LogP contribution >= 0.6 is 0 Å². The van der Waals surface area contributed by atoms with Gasteiger partial charge in [-0.15, -0.1) is 0 Å². The molecule has 9 nitrogen and oxygen atoms in total. The Labute approximate surface area is 195 Å². The molecule has 0 saturated carbocycles. The van der Waals surface area contributed by atoms with Gasteiger partial charge in [-0.2, -0.15) is 0 Å². The highest BCUT2D eigenvalue weighted by Crippen LogP contribution is 2.24. The van der Waals surface area contributed by atoms with Crippen molar-refractivity contribution < 1.29 is 28.8 Å². The van der Waals surface area contributed by atoms with Crippen LogP contribution < -0.4 is 10.1 Å². The van der Waals surface area contributed by atoms with Crippen LogP contribution in [0.15, 0.2) is 72.8 Å². The molecule has 0 atom stereocenters. The van der Waals surface area contributed by atoms with Crippen molar-refractivity contribution in [3.05, 3.63) is 94.0 Å². The van der Waals surface area contributed by atoms with Crippen molar-refractivity contribution in [3.8, 4) is 11.5 Å². The number of nitrogens with zero attached hydrogens (tertiary/aromatic N) is 1. The predicted octanol–water partition coefficient (Wildman–Crippen LogP) is 5.02. The molecular weight excluding hydrogens is 440 g/mol. The summed E-state index contributed by atoms with van der Waals surface area (Å²) in [5.41, 5.74) is 1.09. The highest BCUT2D eigenvalue weighted by Gasteiger charge is 2.13. The highest BCUT2D eigenvalue weighted by molar-refractivity contribution is 5.99. The van der Waals surface area contributed by atoms with Crippen LogP contribution in [0.4, 0.5) is 11.4 Å². The molecule has 3 rings (SSSR count). The number of rotatable bonds is 9. The molecule has 3 aromatic rings. The quantitative estimate of drug-likeness (QED) is 0.205. The standard InChI is InChI=1S/C25H22N2O7/c1-16(2)24(29)26-19-7-3-18(4-8-19)25(30)33-15-23(28)17-5-11-21(12-6-17)34-22-13-9-20(10-14-22)27(31)32/h3-14,16H,15H2,1-2H3,(H,26,29). The molecule has 0 spiro atoms. The van der Waals surface area contributed by atoms with E-state index in [1.807, 2.05) is 0 Å². The molecule has 0 fully saturated rings.